The van der Waals surface area contributed by atoms with Crippen LogP contribution in [0.5, 0.6) is 0 Å². The van der Waals surface area contributed by atoms with E-state index in [0.29, 0.717) is 19.3 Å². The van der Waals surface area contributed by atoms with Crippen LogP contribution in [0, 0.1) is 0 Å². The Balaban J connectivity index is 4.50. The summed E-state index contributed by atoms with van der Waals surface area (Å²) in [6.45, 7) is 6.38. The van der Waals surface area contributed by atoms with Crippen LogP contribution in [0.15, 0.2) is 146 Å². The van der Waals surface area contributed by atoms with Crippen LogP contribution in [0.3, 0.4) is 0 Å². The van der Waals surface area contributed by atoms with E-state index in [9.17, 15) is 14.4 Å². The van der Waals surface area contributed by atoms with E-state index in [4.69, 9.17) is 14.2 Å². The minimum absolute atomic E-state index is 0.101. The number of unbranched alkanes of at least 4 members (excludes halogenated alkanes) is 24. The fourth-order valence-corrected chi connectivity index (χ4v) is 8.88. The molecule has 0 aliphatic carbocycles. The van der Waals surface area contributed by atoms with Gasteiger partial charge in [0.25, 0.3) is 0 Å². The van der Waals surface area contributed by atoms with Crippen molar-refractivity contribution in [3.8, 4) is 0 Å². The average Bonchev–Trinajstić information content (AvgIpc) is 3.47. The summed E-state index contributed by atoms with van der Waals surface area (Å²) >= 11 is 0. The highest BCUT2D eigenvalue weighted by atomic mass is 16.6. The Labute approximate surface area is 499 Å². The minimum Gasteiger partial charge on any atom is -0.462 e. The van der Waals surface area contributed by atoms with E-state index in [2.05, 4.69) is 167 Å². The van der Waals surface area contributed by atoms with Gasteiger partial charge in [0.1, 0.15) is 13.2 Å². The fraction of sp³-hybridized carbons (Fsp3) is 0.640. The smallest absolute Gasteiger partial charge is 0.306 e. The van der Waals surface area contributed by atoms with Crippen LogP contribution in [-0.4, -0.2) is 37.2 Å². The van der Waals surface area contributed by atoms with Crippen LogP contribution < -0.4 is 0 Å². The van der Waals surface area contributed by atoms with Gasteiger partial charge in [-0.2, -0.15) is 0 Å². The SMILES string of the molecule is CC/C=C\C/C=C\C/C=C\C/C=C\C/C=C\C/C=C\CCCCCCC(=O)OCC(COC(=O)CCCCCCCC/C=C\C/C=C\C/C=C\C/C=C\CC)OC(=O)CCCCCCCCCCC/C=C\C/C=C\CCCCCCC. The Morgan fingerprint density at radius 2 is 0.481 bits per heavy atom. The standard InChI is InChI=1S/C75H122O6/c1-4-7-10-13-16-19-22-25-28-31-34-36-37-39-41-44-47-50-53-56-59-62-65-68-74(77)80-71-72(70-79-73(76)67-64-61-58-55-52-49-46-43-40-33-30-27-24-21-18-15-12-9-6-3)81-75(78)69-66-63-60-57-54-51-48-45-42-38-35-32-29-26-23-20-17-14-11-8-5-2/h7,9-10,12,16,18-19,21,23,25-28,30,32,34-36,39-41,43,47,50,72H,4-6,8,11,13-15,17,20,22,24,29,31,33,37-38,42,44-46,48-49,51-71H2,1-3H3/b10-7-,12-9-,19-16-,21-18-,26-23-,28-25-,30-27-,35-32-,36-34-,41-39-,43-40-,50-47-. The van der Waals surface area contributed by atoms with Crippen molar-refractivity contribution >= 4 is 17.9 Å². The Bertz CT molecular complexity index is 1760. The predicted molar refractivity (Wildman–Crippen MR) is 352 cm³/mol. The largest absolute Gasteiger partial charge is 0.462 e. The zero-order valence-electron chi connectivity index (χ0n) is 52.5. The maximum atomic E-state index is 13.0. The second-order valence-corrected chi connectivity index (χ2v) is 21.6. The number of rotatable bonds is 59. The monoisotopic (exact) mass is 1120 g/mol. The molecule has 458 valence electrons. The molecule has 81 heavy (non-hydrogen) atoms. The van der Waals surface area contributed by atoms with Gasteiger partial charge in [-0.05, 0) is 141 Å². The third-order valence-electron chi connectivity index (χ3n) is 13.8. The zero-order valence-corrected chi connectivity index (χ0v) is 52.5. The molecule has 0 bridgehead atoms. The molecule has 0 heterocycles. The van der Waals surface area contributed by atoms with Gasteiger partial charge in [-0.1, -0.05) is 276 Å². The maximum absolute atomic E-state index is 13.0. The Morgan fingerprint density at radius 3 is 0.753 bits per heavy atom. The molecule has 0 spiro atoms. The molecule has 1 atom stereocenters. The van der Waals surface area contributed by atoms with Crippen molar-refractivity contribution in [3.63, 3.8) is 0 Å². The van der Waals surface area contributed by atoms with Gasteiger partial charge in [-0.3, -0.25) is 14.4 Å². The number of allylic oxidation sites excluding steroid dienone is 24. The molecule has 0 rings (SSSR count). The number of hydrogen-bond donors (Lipinski definition) is 0. The first-order valence-corrected chi connectivity index (χ1v) is 33.3. The van der Waals surface area contributed by atoms with Crippen molar-refractivity contribution < 1.29 is 28.6 Å². The summed E-state index contributed by atoms with van der Waals surface area (Å²) < 4.78 is 16.9. The molecule has 0 aromatic carbocycles. The molecule has 0 aliphatic heterocycles. The maximum Gasteiger partial charge on any atom is 0.306 e. The molecule has 0 aromatic heterocycles. The molecule has 1 unspecified atom stereocenters. The number of ether oxygens (including phenoxy) is 3. The zero-order chi connectivity index (χ0) is 58.5. The van der Waals surface area contributed by atoms with Gasteiger partial charge < -0.3 is 14.2 Å². The van der Waals surface area contributed by atoms with Crippen molar-refractivity contribution in [1.82, 2.24) is 0 Å². The molecule has 0 N–H and O–H groups in total. The van der Waals surface area contributed by atoms with E-state index in [-0.39, 0.29) is 31.1 Å². The van der Waals surface area contributed by atoms with Gasteiger partial charge in [-0.15, -0.1) is 0 Å². The Kier molecular flexibility index (Phi) is 63.9. The normalized spacial score (nSPS) is 13.1. The van der Waals surface area contributed by atoms with Crippen molar-refractivity contribution in [2.75, 3.05) is 13.2 Å². The van der Waals surface area contributed by atoms with Crippen molar-refractivity contribution in [3.05, 3.63) is 146 Å². The summed E-state index contributed by atoms with van der Waals surface area (Å²) in [5.74, 6) is -0.940. The lowest BCUT2D eigenvalue weighted by Gasteiger charge is -2.18. The average molecular weight is 1120 g/mol. The van der Waals surface area contributed by atoms with Crippen molar-refractivity contribution in [1.29, 1.82) is 0 Å². The number of carbonyl (C=O) groups is 3. The molecule has 0 aliphatic rings. The van der Waals surface area contributed by atoms with Crippen molar-refractivity contribution in [2.24, 2.45) is 0 Å². The molecule has 0 radical (unpaired) electrons. The summed E-state index contributed by atoms with van der Waals surface area (Å²) in [5.41, 5.74) is 0. The molecule has 0 saturated carbocycles. The lowest BCUT2D eigenvalue weighted by Crippen LogP contribution is -2.30. The fourth-order valence-electron chi connectivity index (χ4n) is 8.88. The molecule has 6 nitrogen and oxygen atoms in total. The van der Waals surface area contributed by atoms with E-state index in [1.807, 2.05) is 0 Å². The number of hydrogen-bond acceptors (Lipinski definition) is 6. The first-order valence-electron chi connectivity index (χ1n) is 33.3. The third kappa shape index (κ3) is 66.0. The van der Waals surface area contributed by atoms with Gasteiger partial charge in [0, 0.05) is 19.3 Å². The number of esters is 3. The molecule has 6 heteroatoms. The Hall–Kier alpha value is -4.71. The molecular weight excluding hydrogens is 997 g/mol. The molecule has 0 saturated heterocycles. The molecule has 0 aromatic rings. The van der Waals surface area contributed by atoms with Crippen LogP contribution in [0.2, 0.25) is 0 Å². The minimum atomic E-state index is -0.806. The van der Waals surface area contributed by atoms with Crippen LogP contribution >= 0.6 is 0 Å². The highest BCUT2D eigenvalue weighted by molar-refractivity contribution is 5.71. The third-order valence-corrected chi connectivity index (χ3v) is 13.8. The summed E-state index contributed by atoms with van der Waals surface area (Å²) in [4.78, 5) is 38.4. The van der Waals surface area contributed by atoms with Crippen LogP contribution in [0.4, 0.5) is 0 Å². The van der Waals surface area contributed by atoms with E-state index in [0.717, 1.165) is 154 Å². The van der Waals surface area contributed by atoms with Gasteiger partial charge in [0.05, 0.1) is 0 Å². The van der Waals surface area contributed by atoms with Gasteiger partial charge in [0.2, 0.25) is 0 Å². The summed E-state index contributed by atoms with van der Waals surface area (Å²) in [5, 5.41) is 0. The highest BCUT2D eigenvalue weighted by Gasteiger charge is 2.19. The second kappa shape index (κ2) is 67.8. The number of carbonyl (C=O) groups excluding carboxylic acids is 3. The van der Waals surface area contributed by atoms with Gasteiger partial charge in [0.15, 0.2) is 6.10 Å². The van der Waals surface area contributed by atoms with E-state index in [1.165, 1.54) is 96.3 Å². The lowest BCUT2D eigenvalue weighted by molar-refractivity contribution is -0.167. The van der Waals surface area contributed by atoms with Crippen molar-refractivity contribution in [2.45, 2.75) is 297 Å². The second-order valence-electron chi connectivity index (χ2n) is 21.6. The first-order chi connectivity index (χ1) is 40.0. The summed E-state index contributed by atoms with van der Waals surface area (Å²) in [7, 11) is 0. The van der Waals surface area contributed by atoms with E-state index in [1.54, 1.807) is 0 Å². The van der Waals surface area contributed by atoms with E-state index >= 15 is 0 Å². The van der Waals surface area contributed by atoms with E-state index < -0.39 is 6.10 Å². The molecular formula is C75H122O6. The summed E-state index contributed by atoms with van der Waals surface area (Å²) in [6, 6.07) is 0. The van der Waals surface area contributed by atoms with Crippen LogP contribution in [-0.2, 0) is 28.6 Å². The van der Waals surface area contributed by atoms with Crippen LogP contribution in [0.1, 0.15) is 290 Å². The Morgan fingerprint density at radius 1 is 0.259 bits per heavy atom. The first kappa shape index (κ1) is 76.3. The topological polar surface area (TPSA) is 78.9 Å². The highest BCUT2D eigenvalue weighted by Crippen LogP contribution is 2.15. The van der Waals surface area contributed by atoms with Crippen LogP contribution in [0.25, 0.3) is 0 Å². The quantitative estimate of drug-likeness (QED) is 0.0261. The summed E-state index contributed by atoms with van der Waals surface area (Å²) in [6.07, 6.45) is 97.0. The predicted octanol–water partition coefficient (Wildman–Crippen LogP) is 23.1. The molecule has 0 fully saturated rings. The van der Waals surface area contributed by atoms with Gasteiger partial charge >= 0.3 is 17.9 Å². The lowest BCUT2D eigenvalue weighted by atomic mass is 10.1. The molecule has 0 amide bonds. The van der Waals surface area contributed by atoms with Gasteiger partial charge in [-0.25, -0.2) is 0 Å².